The van der Waals surface area contributed by atoms with E-state index in [1.165, 1.54) is 34.2 Å². The molecule has 0 bridgehead atoms. The SMILES string of the molecule is C=C[C@@H]1C[C@]1(NC(=O)C1C[C@@H](OC(=O)N2Cc3cccc(F)c3C2)CN1C(=O)[C@@H](Nc1ccc(F)nc1)C(C)C)C(=O)NS(=O)(=O)C1CC1. The second-order valence-corrected chi connectivity index (χ2v) is 15.4. The molecule has 4 aliphatic rings. The van der Waals surface area contributed by atoms with Crippen LogP contribution in [0.5, 0.6) is 0 Å². The van der Waals surface area contributed by atoms with Crippen LogP contribution in [0.2, 0.25) is 0 Å². The predicted molar refractivity (Wildman–Crippen MR) is 172 cm³/mol. The molecule has 13 nitrogen and oxygen atoms in total. The summed E-state index contributed by atoms with van der Waals surface area (Å²) in [5.74, 6) is -4.19. The summed E-state index contributed by atoms with van der Waals surface area (Å²) in [5, 5.41) is 5.08. The molecule has 2 saturated carbocycles. The Morgan fingerprint density at radius 1 is 1.12 bits per heavy atom. The summed E-state index contributed by atoms with van der Waals surface area (Å²) in [6.45, 7) is 7.21. The van der Waals surface area contributed by atoms with Crippen LogP contribution in [0.15, 0.2) is 49.2 Å². The van der Waals surface area contributed by atoms with E-state index in [0.717, 1.165) is 6.07 Å². The highest BCUT2D eigenvalue weighted by molar-refractivity contribution is 7.91. The Morgan fingerprint density at radius 3 is 2.49 bits per heavy atom. The highest BCUT2D eigenvalue weighted by Crippen LogP contribution is 2.45. The van der Waals surface area contributed by atoms with Gasteiger partial charge in [-0.2, -0.15) is 4.39 Å². The molecule has 0 radical (unpaired) electrons. The predicted octanol–water partition coefficient (Wildman–Crippen LogP) is 2.59. The number of likely N-dealkylation sites (tertiary alicyclic amines) is 1. The van der Waals surface area contributed by atoms with Crippen molar-refractivity contribution in [2.45, 2.75) is 81.6 Å². The van der Waals surface area contributed by atoms with Crippen LogP contribution >= 0.6 is 0 Å². The fourth-order valence-corrected chi connectivity index (χ4v) is 7.82. The summed E-state index contributed by atoms with van der Waals surface area (Å²) >= 11 is 0. The van der Waals surface area contributed by atoms with Gasteiger partial charge in [-0.3, -0.25) is 24.0 Å². The van der Waals surface area contributed by atoms with E-state index < -0.39 is 80.5 Å². The zero-order valence-electron chi connectivity index (χ0n) is 27.0. The molecule has 2 aliphatic carbocycles. The third-order valence-corrected chi connectivity index (χ3v) is 11.4. The molecule has 5 atom stereocenters. The highest BCUT2D eigenvalue weighted by Gasteiger charge is 2.62. The second-order valence-electron chi connectivity index (χ2n) is 13.4. The summed E-state index contributed by atoms with van der Waals surface area (Å²) in [6, 6.07) is 4.99. The van der Waals surface area contributed by atoms with Gasteiger partial charge in [0.15, 0.2) is 0 Å². The average Bonchev–Trinajstić information content (AvgIpc) is 3.94. The Bertz CT molecular complexity index is 1790. The van der Waals surface area contributed by atoms with Crippen LogP contribution < -0.4 is 15.4 Å². The number of nitrogens with one attached hydrogen (secondary N) is 3. The van der Waals surface area contributed by atoms with Gasteiger partial charge in [0.05, 0.1) is 30.2 Å². The number of anilines is 1. The molecule has 0 spiro atoms. The molecule has 16 heteroatoms. The van der Waals surface area contributed by atoms with E-state index in [2.05, 4.69) is 26.9 Å². The van der Waals surface area contributed by atoms with Gasteiger partial charge in [-0.1, -0.05) is 32.1 Å². The van der Waals surface area contributed by atoms with Gasteiger partial charge in [0.1, 0.15) is 29.5 Å². The zero-order valence-corrected chi connectivity index (χ0v) is 27.8. The number of rotatable bonds is 11. The fraction of sp³-hybridized carbons (Fsp3) is 0.485. The maximum Gasteiger partial charge on any atom is 0.410 e. The minimum Gasteiger partial charge on any atom is -0.444 e. The zero-order chi connectivity index (χ0) is 35.2. The largest absolute Gasteiger partial charge is 0.444 e. The summed E-state index contributed by atoms with van der Waals surface area (Å²) in [5.41, 5.74) is -0.205. The number of pyridine rings is 1. The molecule has 1 aromatic carbocycles. The standard InChI is InChI=1S/C33H38F2N6O7S/c1-4-20-13-33(20,31(44)39-49(46,47)23-9-10-23)38-29(42)26-12-22(48-32(45)40-15-19-6-5-7-25(34)24(19)17-40)16-41(26)30(43)28(18(2)3)37-21-8-11-27(35)36-14-21/h4-8,11,14,18,20,22-23,26,28,37H,1,9-10,12-13,15-17H2,2-3H3,(H,38,42)(H,39,44)/t20-,22-,26?,28+,33-/m1/s1. The maximum atomic E-state index is 14.3. The normalized spacial score (nSPS) is 25.0. The molecule has 262 valence electrons. The Kier molecular flexibility index (Phi) is 9.11. The minimum atomic E-state index is -3.92. The summed E-state index contributed by atoms with van der Waals surface area (Å²) in [4.78, 5) is 61.0. The molecule has 4 amide bonds. The summed E-state index contributed by atoms with van der Waals surface area (Å²) in [7, 11) is -3.92. The number of halogens is 2. The first kappa shape index (κ1) is 34.3. The topological polar surface area (TPSA) is 167 Å². The summed E-state index contributed by atoms with van der Waals surface area (Å²) < 4.78 is 60.9. The van der Waals surface area contributed by atoms with Crippen LogP contribution in [-0.4, -0.2) is 82.5 Å². The van der Waals surface area contributed by atoms with Crippen LogP contribution in [0.1, 0.15) is 50.7 Å². The molecular weight excluding hydrogens is 662 g/mol. The van der Waals surface area contributed by atoms with E-state index in [4.69, 9.17) is 4.74 Å². The first-order chi connectivity index (χ1) is 23.2. The van der Waals surface area contributed by atoms with Gasteiger partial charge in [0, 0.05) is 24.4 Å². The first-order valence-corrected chi connectivity index (χ1v) is 17.7. The molecule has 1 saturated heterocycles. The molecule has 3 heterocycles. The number of hydrogen-bond donors (Lipinski definition) is 3. The van der Waals surface area contributed by atoms with Crippen molar-refractivity contribution in [2.75, 3.05) is 11.9 Å². The smallest absolute Gasteiger partial charge is 0.410 e. The highest BCUT2D eigenvalue weighted by atomic mass is 32.2. The van der Waals surface area contributed by atoms with Crippen molar-refractivity contribution in [2.24, 2.45) is 11.8 Å². The van der Waals surface area contributed by atoms with Crippen LogP contribution in [0.25, 0.3) is 0 Å². The van der Waals surface area contributed by atoms with Crippen molar-refractivity contribution in [3.8, 4) is 0 Å². The molecule has 6 rings (SSSR count). The lowest BCUT2D eigenvalue weighted by Gasteiger charge is -2.31. The van der Waals surface area contributed by atoms with Crippen molar-refractivity contribution < 1.29 is 41.1 Å². The van der Waals surface area contributed by atoms with Crippen molar-refractivity contribution in [1.82, 2.24) is 24.8 Å². The third kappa shape index (κ3) is 6.96. The Morgan fingerprint density at radius 2 is 1.88 bits per heavy atom. The van der Waals surface area contributed by atoms with Crippen LogP contribution in [-0.2, 0) is 42.2 Å². The summed E-state index contributed by atoms with van der Waals surface area (Å²) in [6.07, 6.45) is 1.83. The number of sulfonamides is 1. The van der Waals surface area contributed by atoms with E-state index in [1.807, 2.05) is 0 Å². The van der Waals surface area contributed by atoms with Crippen LogP contribution in [0.3, 0.4) is 0 Å². The minimum absolute atomic E-state index is 0.00446. The van der Waals surface area contributed by atoms with Gasteiger partial charge in [0.25, 0.3) is 5.91 Å². The fourth-order valence-electron chi connectivity index (χ4n) is 6.45. The monoisotopic (exact) mass is 700 g/mol. The number of benzene rings is 1. The van der Waals surface area contributed by atoms with Crippen molar-refractivity contribution in [1.29, 1.82) is 0 Å². The molecule has 3 fully saturated rings. The van der Waals surface area contributed by atoms with Gasteiger partial charge < -0.3 is 20.3 Å². The van der Waals surface area contributed by atoms with Gasteiger partial charge >= 0.3 is 6.09 Å². The van der Waals surface area contributed by atoms with E-state index in [-0.39, 0.29) is 38.4 Å². The number of aromatic nitrogens is 1. The molecule has 2 aliphatic heterocycles. The third-order valence-electron chi connectivity index (χ3n) is 9.53. The van der Waals surface area contributed by atoms with Crippen molar-refractivity contribution in [3.63, 3.8) is 0 Å². The number of hydrogen-bond acceptors (Lipinski definition) is 9. The van der Waals surface area contributed by atoms with Crippen LogP contribution in [0, 0.1) is 23.6 Å². The number of amides is 4. The van der Waals surface area contributed by atoms with Crippen molar-refractivity contribution >= 4 is 39.5 Å². The van der Waals surface area contributed by atoms with Gasteiger partial charge in [-0.25, -0.2) is 22.6 Å². The molecule has 2 aromatic rings. The average molecular weight is 701 g/mol. The Hall–Kier alpha value is -4.60. The van der Waals surface area contributed by atoms with Gasteiger partial charge in [-0.05, 0) is 48.9 Å². The number of fused-ring (bicyclic) bond motifs is 1. The van der Waals surface area contributed by atoms with E-state index >= 15 is 0 Å². The molecule has 49 heavy (non-hydrogen) atoms. The number of ether oxygens (including phenoxy) is 1. The lowest BCUT2D eigenvalue weighted by Crippen LogP contribution is -2.58. The van der Waals surface area contributed by atoms with Gasteiger partial charge in [0.2, 0.25) is 27.8 Å². The lowest BCUT2D eigenvalue weighted by molar-refractivity contribution is -0.140. The first-order valence-electron chi connectivity index (χ1n) is 16.1. The Balaban J connectivity index is 1.22. The van der Waals surface area contributed by atoms with E-state index in [9.17, 15) is 36.4 Å². The lowest BCUT2D eigenvalue weighted by atomic mass is 10.0. The quantitative estimate of drug-likeness (QED) is 0.236. The van der Waals surface area contributed by atoms with Gasteiger partial charge in [-0.15, -0.1) is 6.58 Å². The number of carbonyl (C=O) groups is 4. The molecular formula is C33H38F2N6O7S. The Labute approximate surface area is 282 Å². The van der Waals surface area contributed by atoms with E-state index in [0.29, 0.717) is 29.7 Å². The van der Waals surface area contributed by atoms with Crippen LogP contribution in [0.4, 0.5) is 19.3 Å². The second kappa shape index (κ2) is 13.0. The number of nitrogens with zero attached hydrogens (tertiary/aromatic N) is 3. The number of carbonyl (C=O) groups excluding carboxylic acids is 4. The maximum absolute atomic E-state index is 14.3. The molecule has 1 aromatic heterocycles. The van der Waals surface area contributed by atoms with E-state index in [1.54, 1.807) is 26.0 Å². The van der Waals surface area contributed by atoms with Crippen molar-refractivity contribution in [3.05, 3.63) is 72.1 Å². The molecule has 1 unspecified atom stereocenters. The molecule has 3 N–H and O–H groups in total.